The molecule has 1 rings (SSSR count). The third-order valence-corrected chi connectivity index (χ3v) is 2.96. The van der Waals surface area contributed by atoms with Gasteiger partial charge in [0.1, 0.15) is 0 Å². The molecule has 0 saturated heterocycles. The summed E-state index contributed by atoms with van der Waals surface area (Å²) in [7, 11) is 0. The summed E-state index contributed by atoms with van der Waals surface area (Å²) in [5.74, 6) is -1.12. The van der Waals surface area contributed by atoms with Crippen molar-refractivity contribution in [1.82, 2.24) is 0 Å². The second kappa shape index (κ2) is 5.89. The van der Waals surface area contributed by atoms with Crippen LogP contribution in [0.15, 0.2) is 28.7 Å². The van der Waals surface area contributed by atoms with Gasteiger partial charge in [-0.1, -0.05) is 28.9 Å². The van der Waals surface area contributed by atoms with Gasteiger partial charge in [0.15, 0.2) is 0 Å². The van der Waals surface area contributed by atoms with Crippen molar-refractivity contribution in [2.45, 2.75) is 13.8 Å². The summed E-state index contributed by atoms with van der Waals surface area (Å²) in [6, 6.07) is 7.90. The van der Waals surface area contributed by atoms with E-state index in [1.54, 1.807) is 6.92 Å². The highest BCUT2D eigenvalue weighted by Gasteiger charge is 2.15. The van der Waals surface area contributed by atoms with Crippen LogP contribution in [0.3, 0.4) is 0 Å². The number of hydrogen-bond acceptors (Lipinski definition) is 2. The molecule has 0 bridgehead atoms. The molecule has 0 saturated carbocycles. The Bertz CT molecular complexity index is 368. The van der Waals surface area contributed by atoms with E-state index in [0.29, 0.717) is 6.54 Å². The maximum absolute atomic E-state index is 10.8. The van der Waals surface area contributed by atoms with Gasteiger partial charge in [-0.25, -0.2) is 0 Å². The van der Waals surface area contributed by atoms with Crippen LogP contribution in [0.25, 0.3) is 0 Å². The van der Waals surface area contributed by atoms with E-state index in [2.05, 4.69) is 20.8 Å². The molecule has 0 fully saturated rings. The number of carboxylic acid groups (broad SMARTS) is 1. The van der Waals surface area contributed by atoms with E-state index in [1.165, 1.54) is 0 Å². The largest absolute Gasteiger partial charge is 0.481 e. The standard InChI is InChI=1S/C12H16BrNO2/c1-3-14(8-9(2)12(15)16)11-6-4-5-10(13)7-11/h4-7,9H,3,8H2,1-2H3,(H,15,16). The first-order valence-corrected chi connectivity index (χ1v) is 6.07. The number of halogens is 1. The molecule has 0 aliphatic rings. The second-order valence-corrected chi connectivity index (χ2v) is 4.67. The lowest BCUT2D eigenvalue weighted by Gasteiger charge is -2.25. The van der Waals surface area contributed by atoms with Crippen molar-refractivity contribution in [3.63, 3.8) is 0 Å². The number of carbonyl (C=O) groups is 1. The van der Waals surface area contributed by atoms with Gasteiger partial charge in [-0.05, 0) is 25.1 Å². The van der Waals surface area contributed by atoms with Crippen LogP contribution < -0.4 is 4.90 Å². The average Bonchev–Trinajstić information content (AvgIpc) is 2.25. The Morgan fingerprint density at radius 2 is 2.25 bits per heavy atom. The Labute approximate surface area is 104 Å². The van der Waals surface area contributed by atoms with E-state index in [0.717, 1.165) is 16.7 Å². The quantitative estimate of drug-likeness (QED) is 0.904. The van der Waals surface area contributed by atoms with Crippen LogP contribution in [0, 0.1) is 5.92 Å². The molecule has 0 aromatic heterocycles. The van der Waals surface area contributed by atoms with Gasteiger partial charge < -0.3 is 10.0 Å². The van der Waals surface area contributed by atoms with E-state index in [9.17, 15) is 4.79 Å². The molecule has 3 nitrogen and oxygen atoms in total. The molecule has 1 aromatic rings. The Kier molecular flexibility index (Phi) is 4.80. The van der Waals surface area contributed by atoms with Crippen molar-refractivity contribution >= 4 is 27.6 Å². The highest BCUT2D eigenvalue weighted by molar-refractivity contribution is 9.10. The molecule has 0 amide bonds. The molecule has 16 heavy (non-hydrogen) atoms. The van der Waals surface area contributed by atoms with Crippen LogP contribution in [-0.4, -0.2) is 24.2 Å². The van der Waals surface area contributed by atoms with Crippen molar-refractivity contribution in [2.75, 3.05) is 18.0 Å². The fourth-order valence-electron chi connectivity index (χ4n) is 1.50. The highest BCUT2D eigenvalue weighted by Crippen LogP contribution is 2.20. The predicted molar refractivity (Wildman–Crippen MR) is 68.8 cm³/mol. The van der Waals surface area contributed by atoms with Crippen molar-refractivity contribution in [2.24, 2.45) is 5.92 Å². The molecule has 1 aromatic carbocycles. The molecule has 0 aliphatic carbocycles. The average molecular weight is 286 g/mol. The van der Waals surface area contributed by atoms with Crippen molar-refractivity contribution < 1.29 is 9.90 Å². The third kappa shape index (κ3) is 3.52. The molecule has 0 heterocycles. The van der Waals surface area contributed by atoms with E-state index >= 15 is 0 Å². The van der Waals surface area contributed by atoms with Gasteiger partial charge in [0.05, 0.1) is 5.92 Å². The van der Waals surface area contributed by atoms with Crippen molar-refractivity contribution in [3.8, 4) is 0 Å². The second-order valence-electron chi connectivity index (χ2n) is 3.76. The van der Waals surface area contributed by atoms with Crippen molar-refractivity contribution in [3.05, 3.63) is 28.7 Å². The maximum Gasteiger partial charge on any atom is 0.308 e. The molecular formula is C12H16BrNO2. The van der Waals surface area contributed by atoms with Crippen LogP contribution in [0.4, 0.5) is 5.69 Å². The minimum Gasteiger partial charge on any atom is -0.481 e. The lowest BCUT2D eigenvalue weighted by molar-refractivity contribution is -0.140. The van der Waals surface area contributed by atoms with Crippen LogP contribution in [-0.2, 0) is 4.79 Å². The molecule has 1 unspecified atom stereocenters. The summed E-state index contributed by atoms with van der Waals surface area (Å²) >= 11 is 3.41. The minimum absolute atomic E-state index is 0.362. The zero-order chi connectivity index (χ0) is 12.1. The lowest BCUT2D eigenvalue weighted by atomic mass is 10.1. The van der Waals surface area contributed by atoms with Gasteiger partial charge >= 0.3 is 5.97 Å². The summed E-state index contributed by atoms with van der Waals surface area (Å²) in [5, 5.41) is 8.89. The number of benzene rings is 1. The van der Waals surface area contributed by atoms with Gasteiger partial charge in [-0.3, -0.25) is 4.79 Å². The Balaban J connectivity index is 2.78. The summed E-state index contributed by atoms with van der Waals surface area (Å²) in [4.78, 5) is 12.9. The molecule has 0 aliphatic heterocycles. The number of aliphatic carboxylic acids is 1. The number of rotatable bonds is 5. The minimum atomic E-state index is -0.756. The topological polar surface area (TPSA) is 40.5 Å². The Morgan fingerprint density at radius 3 is 2.75 bits per heavy atom. The van der Waals surface area contributed by atoms with E-state index in [4.69, 9.17) is 5.11 Å². The first-order valence-electron chi connectivity index (χ1n) is 5.28. The number of hydrogen-bond donors (Lipinski definition) is 1. The number of anilines is 1. The summed E-state index contributed by atoms with van der Waals surface area (Å²) in [6.07, 6.45) is 0. The monoisotopic (exact) mass is 285 g/mol. The van der Waals surface area contributed by atoms with Gasteiger partial charge in [0.25, 0.3) is 0 Å². The fraction of sp³-hybridized carbons (Fsp3) is 0.417. The fourth-order valence-corrected chi connectivity index (χ4v) is 1.89. The summed E-state index contributed by atoms with van der Waals surface area (Å²) < 4.78 is 1.01. The smallest absolute Gasteiger partial charge is 0.308 e. The van der Waals surface area contributed by atoms with Crippen LogP contribution >= 0.6 is 15.9 Å². The molecule has 1 atom stereocenters. The lowest BCUT2D eigenvalue weighted by Crippen LogP contribution is -2.31. The summed E-state index contributed by atoms with van der Waals surface area (Å²) in [5.41, 5.74) is 1.05. The summed E-state index contributed by atoms with van der Waals surface area (Å²) in [6.45, 7) is 5.08. The van der Waals surface area contributed by atoms with Crippen LogP contribution in [0.5, 0.6) is 0 Å². The molecule has 1 N–H and O–H groups in total. The third-order valence-electron chi connectivity index (χ3n) is 2.47. The Morgan fingerprint density at radius 1 is 1.56 bits per heavy atom. The zero-order valence-corrected chi connectivity index (χ0v) is 11.1. The maximum atomic E-state index is 10.8. The van der Waals surface area contributed by atoms with Crippen molar-refractivity contribution in [1.29, 1.82) is 0 Å². The molecule has 0 spiro atoms. The number of carboxylic acids is 1. The van der Waals surface area contributed by atoms with Crippen LogP contribution in [0.2, 0.25) is 0 Å². The first-order chi connectivity index (χ1) is 7.54. The van der Waals surface area contributed by atoms with Gasteiger partial charge in [0.2, 0.25) is 0 Å². The molecule has 4 heteroatoms. The van der Waals surface area contributed by atoms with Gasteiger partial charge in [0, 0.05) is 23.2 Å². The molecule has 0 radical (unpaired) electrons. The van der Waals surface area contributed by atoms with E-state index < -0.39 is 5.97 Å². The van der Waals surface area contributed by atoms with E-state index in [-0.39, 0.29) is 5.92 Å². The Hall–Kier alpha value is -1.03. The molecular weight excluding hydrogens is 270 g/mol. The first kappa shape index (κ1) is 13.0. The van der Waals surface area contributed by atoms with E-state index in [1.807, 2.05) is 31.2 Å². The van der Waals surface area contributed by atoms with Gasteiger partial charge in [-0.15, -0.1) is 0 Å². The number of nitrogens with zero attached hydrogens (tertiary/aromatic N) is 1. The SMILES string of the molecule is CCN(CC(C)C(=O)O)c1cccc(Br)c1. The van der Waals surface area contributed by atoms with Crippen LogP contribution in [0.1, 0.15) is 13.8 Å². The normalized spacial score (nSPS) is 12.2. The zero-order valence-electron chi connectivity index (χ0n) is 9.48. The molecule has 88 valence electrons. The highest BCUT2D eigenvalue weighted by atomic mass is 79.9. The predicted octanol–water partition coefficient (Wildman–Crippen LogP) is 3.00. The van der Waals surface area contributed by atoms with Gasteiger partial charge in [-0.2, -0.15) is 0 Å².